The first-order chi connectivity index (χ1) is 11.3. The van der Waals surface area contributed by atoms with Gasteiger partial charge in [0.05, 0.1) is 16.3 Å². The summed E-state index contributed by atoms with van der Waals surface area (Å²) in [5.74, 6) is -0.911. The molecular formula is C17H26FNO. The largest absolute Gasteiger partial charge is 0.373 e. The van der Waals surface area contributed by atoms with Crippen LogP contribution >= 0.6 is 0 Å². The van der Waals surface area contributed by atoms with Crippen LogP contribution in [0, 0.1) is 5.82 Å². The SMILES string of the molecule is [2H]c1c([2H])c(C([2H])([2H])N2CC(C)OC(C)C2)c([2H])c(C(C)(C)C)c1F. The highest BCUT2D eigenvalue weighted by Crippen LogP contribution is 2.26. The van der Waals surface area contributed by atoms with Crippen molar-refractivity contribution in [2.24, 2.45) is 0 Å². The zero-order chi connectivity index (χ0) is 19.3. The fourth-order valence-electron chi connectivity index (χ4n) is 2.39. The fraction of sp³-hybridized carbons (Fsp3) is 0.647. The number of nitrogens with zero attached hydrogens (tertiary/aromatic N) is 1. The highest BCUT2D eigenvalue weighted by molar-refractivity contribution is 5.30. The van der Waals surface area contributed by atoms with E-state index in [1.54, 1.807) is 20.8 Å². The molecule has 0 saturated carbocycles. The number of rotatable bonds is 2. The molecule has 2 atom stereocenters. The van der Waals surface area contributed by atoms with Crippen LogP contribution in [0.4, 0.5) is 4.39 Å². The number of morpholine rings is 1. The van der Waals surface area contributed by atoms with Crippen molar-refractivity contribution in [1.29, 1.82) is 0 Å². The van der Waals surface area contributed by atoms with Gasteiger partial charge in [-0.05, 0) is 36.4 Å². The molecule has 1 aromatic rings. The van der Waals surface area contributed by atoms with Gasteiger partial charge < -0.3 is 4.74 Å². The van der Waals surface area contributed by atoms with Gasteiger partial charge in [-0.3, -0.25) is 4.90 Å². The molecular weight excluding hydrogens is 253 g/mol. The summed E-state index contributed by atoms with van der Waals surface area (Å²) < 4.78 is 61.8. The van der Waals surface area contributed by atoms with Gasteiger partial charge in [-0.1, -0.05) is 32.9 Å². The molecule has 2 unspecified atom stereocenters. The molecule has 1 aliphatic heterocycles. The van der Waals surface area contributed by atoms with Crippen LogP contribution in [-0.4, -0.2) is 30.2 Å². The van der Waals surface area contributed by atoms with Crippen molar-refractivity contribution < 1.29 is 16.0 Å². The molecule has 1 fully saturated rings. The number of halogens is 1. The summed E-state index contributed by atoms with van der Waals surface area (Å²) >= 11 is 0. The molecule has 2 rings (SSSR count). The van der Waals surface area contributed by atoms with Gasteiger partial charge >= 0.3 is 0 Å². The van der Waals surface area contributed by atoms with E-state index >= 15 is 0 Å². The van der Waals surface area contributed by atoms with Crippen LogP contribution in [-0.2, 0) is 16.6 Å². The van der Waals surface area contributed by atoms with E-state index in [0.29, 0.717) is 13.1 Å². The van der Waals surface area contributed by atoms with Crippen molar-refractivity contribution in [1.82, 2.24) is 4.90 Å². The lowest BCUT2D eigenvalue weighted by atomic mass is 9.85. The Hall–Kier alpha value is -0.930. The first kappa shape index (κ1) is 9.91. The van der Waals surface area contributed by atoms with Crippen LogP contribution in [0.3, 0.4) is 0 Å². The molecule has 3 heteroatoms. The summed E-state index contributed by atoms with van der Waals surface area (Å²) in [5, 5.41) is 0. The van der Waals surface area contributed by atoms with Crippen molar-refractivity contribution in [3.05, 3.63) is 35.1 Å². The van der Waals surface area contributed by atoms with Gasteiger partial charge in [0.1, 0.15) is 5.82 Å². The average molecular weight is 284 g/mol. The Morgan fingerprint density at radius 1 is 1.35 bits per heavy atom. The lowest BCUT2D eigenvalue weighted by molar-refractivity contribution is -0.0705. The molecule has 0 bridgehead atoms. The number of ether oxygens (including phenoxy) is 1. The molecule has 1 aromatic carbocycles. The molecule has 0 aromatic heterocycles. The van der Waals surface area contributed by atoms with Crippen LogP contribution in [0.2, 0.25) is 0 Å². The minimum Gasteiger partial charge on any atom is -0.373 e. The highest BCUT2D eigenvalue weighted by Gasteiger charge is 2.23. The zero-order valence-corrected chi connectivity index (χ0v) is 12.8. The lowest BCUT2D eigenvalue weighted by Gasteiger charge is -2.35. The van der Waals surface area contributed by atoms with E-state index in [1.807, 2.05) is 13.8 Å². The molecule has 0 N–H and O–H groups in total. The molecule has 0 radical (unpaired) electrons. The first-order valence-electron chi connectivity index (χ1n) is 9.49. The van der Waals surface area contributed by atoms with Crippen molar-refractivity contribution in [2.45, 2.75) is 58.7 Å². The third-order valence-corrected chi connectivity index (χ3v) is 3.21. The molecule has 2 nitrogen and oxygen atoms in total. The van der Waals surface area contributed by atoms with E-state index in [-0.39, 0.29) is 29.4 Å². The Balaban J connectivity index is 2.67. The molecule has 0 amide bonds. The zero-order valence-electron chi connectivity index (χ0n) is 17.8. The van der Waals surface area contributed by atoms with E-state index in [1.165, 1.54) is 4.90 Å². The number of benzene rings is 1. The van der Waals surface area contributed by atoms with Crippen molar-refractivity contribution in [2.75, 3.05) is 13.1 Å². The van der Waals surface area contributed by atoms with E-state index in [4.69, 9.17) is 11.6 Å². The summed E-state index contributed by atoms with van der Waals surface area (Å²) in [4.78, 5) is 1.51. The van der Waals surface area contributed by atoms with Crippen molar-refractivity contribution in [3.63, 3.8) is 0 Å². The van der Waals surface area contributed by atoms with E-state index in [0.717, 1.165) is 0 Å². The van der Waals surface area contributed by atoms with E-state index < -0.39 is 29.8 Å². The Morgan fingerprint density at radius 2 is 1.95 bits per heavy atom. The van der Waals surface area contributed by atoms with Crippen LogP contribution < -0.4 is 0 Å². The maximum Gasteiger partial charge on any atom is 0.126 e. The minimum atomic E-state index is -2.16. The fourth-order valence-corrected chi connectivity index (χ4v) is 2.39. The second kappa shape index (κ2) is 5.82. The van der Waals surface area contributed by atoms with Crippen molar-refractivity contribution >= 4 is 0 Å². The third kappa shape index (κ3) is 3.80. The standard InChI is InChI=1S/C17H26FNO/c1-12-9-19(10-13(2)20-12)11-14-6-7-16(18)15(8-14)17(3,4)5/h6-8,12-13H,9-11H2,1-5H3/i6D,7D,8D,11D2. The highest BCUT2D eigenvalue weighted by atomic mass is 19.1. The van der Waals surface area contributed by atoms with Gasteiger partial charge in [0, 0.05) is 22.3 Å². The summed E-state index contributed by atoms with van der Waals surface area (Å²) in [6, 6.07) is -1.55. The Labute approximate surface area is 129 Å². The smallest absolute Gasteiger partial charge is 0.126 e. The summed E-state index contributed by atoms with van der Waals surface area (Å²) in [5.41, 5.74) is -1.05. The number of hydrogen-bond donors (Lipinski definition) is 0. The molecule has 1 saturated heterocycles. The van der Waals surface area contributed by atoms with Gasteiger partial charge in [-0.2, -0.15) is 0 Å². The van der Waals surface area contributed by atoms with Gasteiger partial charge in [0.15, 0.2) is 0 Å². The van der Waals surface area contributed by atoms with Crippen LogP contribution in [0.15, 0.2) is 18.1 Å². The Kier molecular flexibility index (Phi) is 2.88. The summed E-state index contributed by atoms with van der Waals surface area (Å²) in [6.07, 6.45) is -0.389. The topological polar surface area (TPSA) is 12.5 Å². The Bertz CT molecular complexity index is 664. The minimum absolute atomic E-state index is 0.0262. The summed E-state index contributed by atoms with van der Waals surface area (Å²) in [6.45, 7) is 7.24. The Morgan fingerprint density at radius 3 is 2.50 bits per heavy atom. The molecule has 112 valence electrons. The molecule has 1 aliphatic rings. The summed E-state index contributed by atoms with van der Waals surface area (Å²) in [7, 11) is 0. The van der Waals surface area contributed by atoms with Gasteiger partial charge in [0.25, 0.3) is 0 Å². The maximum atomic E-state index is 14.6. The van der Waals surface area contributed by atoms with Gasteiger partial charge in [0.2, 0.25) is 0 Å². The second-order valence-corrected chi connectivity index (χ2v) is 6.46. The van der Waals surface area contributed by atoms with E-state index in [2.05, 4.69) is 0 Å². The monoisotopic (exact) mass is 284 g/mol. The predicted molar refractivity (Wildman–Crippen MR) is 80.4 cm³/mol. The molecule has 0 aliphatic carbocycles. The van der Waals surface area contributed by atoms with Crippen molar-refractivity contribution in [3.8, 4) is 0 Å². The quantitative estimate of drug-likeness (QED) is 0.820. The van der Waals surface area contributed by atoms with Gasteiger partial charge in [-0.25, -0.2) is 4.39 Å². The van der Waals surface area contributed by atoms with E-state index in [9.17, 15) is 4.39 Å². The van der Waals surface area contributed by atoms with Crippen LogP contribution in [0.5, 0.6) is 0 Å². The first-order valence-corrected chi connectivity index (χ1v) is 6.99. The average Bonchev–Trinajstić information content (AvgIpc) is 2.42. The lowest BCUT2D eigenvalue weighted by Crippen LogP contribution is -2.44. The normalized spacial score (nSPS) is 29.2. The van der Waals surface area contributed by atoms with Crippen LogP contribution in [0.1, 0.15) is 52.6 Å². The number of hydrogen-bond acceptors (Lipinski definition) is 2. The molecule has 0 spiro atoms. The predicted octanol–water partition coefficient (Wildman–Crippen LogP) is 3.73. The maximum absolute atomic E-state index is 14.6. The second-order valence-electron chi connectivity index (χ2n) is 6.46. The molecule has 1 heterocycles. The third-order valence-electron chi connectivity index (χ3n) is 3.21. The van der Waals surface area contributed by atoms with Gasteiger partial charge in [-0.15, -0.1) is 0 Å². The molecule has 20 heavy (non-hydrogen) atoms. The van der Waals surface area contributed by atoms with Crippen LogP contribution in [0.25, 0.3) is 0 Å².